The lowest BCUT2D eigenvalue weighted by Gasteiger charge is -2.22. The van der Waals surface area contributed by atoms with Crippen molar-refractivity contribution in [3.8, 4) is 0 Å². The van der Waals surface area contributed by atoms with Crippen LogP contribution in [-0.2, 0) is 26.5 Å². The van der Waals surface area contributed by atoms with Crippen molar-refractivity contribution in [2.75, 3.05) is 18.0 Å². The zero-order valence-electron chi connectivity index (χ0n) is 18.7. The van der Waals surface area contributed by atoms with Gasteiger partial charge in [-0.05, 0) is 36.6 Å². The molecule has 2 N–H and O–H groups in total. The number of halogens is 2. The molecule has 1 saturated heterocycles. The Labute approximate surface area is 199 Å². The predicted octanol–water partition coefficient (Wildman–Crippen LogP) is 3.08. The number of imidazole rings is 1. The zero-order valence-corrected chi connectivity index (χ0v) is 19.5. The van der Waals surface area contributed by atoms with Gasteiger partial charge in [0.15, 0.2) is 0 Å². The lowest BCUT2D eigenvalue weighted by molar-refractivity contribution is 0.0796. The van der Waals surface area contributed by atoms with E-state index in [1.807, 2.05) is 40.8 Å². The summed E-state index contributed by atoms with van der Waals surface area (Å²) in [7, 11) is 1.97. The van der Waals surface area contributed by atoms with Crippen molar-refractivity contribution in [2.45, 2.75) is 37.8 Å². The Morgan fingerprint density at radius 2 is 2.06 bits per heavy atom. The summed E-state index contributed by atoms with van der Waals surface area (Å²) in [5.74, 6) is -3.16. The quantitative estimate of drug-likeness (QED) is 0.561. The Kier molecular flexibility index (Phi) is 5.00. The highest BCUT2D eigenvalue weighted by Gasteiger charge is 2.71. The molecule has 2 fully saturated rings. The Hall–Kier alpha value is -2.85. The van der Waals surface area contributed by atoms with Gasteiger partial charge < -0.3 is 19.9 Å². The van der Waals surface area contributed by atoms with Crippen molar-refractivity contribution in [1.29, 1.82) is 0 Å². The molecule has 3 aliphatic rings. The maximum Gasteiger partial charge on any atom is 0.261 e. The molecule has 3 aromatic rings. The minimum absolute atomic E-state index is 0.0661. The second kappa shape index (κ2) is 7.84. The van der Waals surface area contributed by atoms with Crippen LogP contribution in [-0.4, -0.2) is 44.6 Å². The molecule has 0 radical (unpaired) electrons. The molecule has 10 heteroatoms. The fourth-order valence-corrected chi connectivity index (χ4v) is 6.26. The SMILES string of the molecule is Cn1cnc2c1CC[C@H]2NC(=O)c1ccc(Cc2ccc(N3CC4C(C3)C4(F)F)nc2CO)s1. The first-order chi connectivity index (χ1) is 16.3. The fourth-order valence-electron chi connectivity index (χ4n) is 5.33. The number of fused-ring (bicyclic) bond motifs is 2. The summed E-state index contributed by atoms with van der Waals surface area (Å²) < 4.78 is 29.0. The number of carbonyl (C=O) groups excluding carboxylic acids is 1. The first-order valence-electron chi connectivity index (χ1n) is 11.5. The summed E-state index contributed by atoms with van der Waals surface area (Å²) in [5.41, 5.74) is 3.52. The van der Waals surface area contributed by atoms with Crippen LogP contribution >= 0.6 is 11.3 Å². The highest BCUT2D eigenvalue weighted by molar-refractivity contribution is 7.14. The van der Waals surface area contributed by atoms with Crippen LogP contribution in [0.5, 0.6) is 0 Å². The molecule has 2 aliphatic carbocycles. The molecular weight excluding hydrogens is 460 g/mol. The normalized spacial score (nSPS) is 24.2. The van der Waals surface area contributed by atoms with Gasteiger partial charge >= 0.3 is 0 Å². The average Bonchev–Trinajstić information content (AvgIpc) is 3.46. The molecule has 178 valence electrons. The minimum Gasteiger partial charge on any atom is -0.390 e. The number of piperidine rings is 1. The molecule has 0 aromatic carbocycles. The van der Waals surface area contributed by atoms with Gasteiger partial charge in [0.25, 0.3) is 11.8 Å². The highest BCUT2D eigenvalue weighted by Crippen LogP contribution is 2.59. The van der Waals surface area contributed by atoms with Crippen molar-refractivity contribution in [3.05, 3.63) is 63.0 Å². The molecule has 2 unspecified atom stereocenters. The monoisotopic (exact) mass is 485 g/mol. The largest absolute Gasteiger partial charge is 0.390 e. The third-order valence-corrected chi connectivity index (χ3v) is 8.46. The van der Waals surface area contributed by atoms with Gasteiger partial charge in [-0.3, -0.25) is 4.79 Å². The van der Waals surface area contributed by atoms with Crippen molar-refractivity contribution in [3.63, 3.8) is 0 Å². The van der Waals surface area contributed by atoms with Crippen LogP contribution in [0.2, 0.25) is 0 Å². The summed E-state index contributed by atoms with van der Waals surface area (Å²) >= 11 is 1.42. The molecule has 0 bridgehead atoms. The first-order valence-corrected chi connectivity index (χ1v) is 12.3. The van der Waals surface area contributed by atoms with E-state index >= 15 is 0 Å². The molecule has 34 heavy (non-hydrogen) atoms. The van der Waals surface area contributed by atoms with Crippen molar-refractivity contribution < 1.29 is 18.7 Å². The molecular formula is C24H25F2N5O2S. The van der Waals surface area contributed by atoms with E-state index < -0.39 is 17.8 Å². The summed E-state index contributed by atoms with van der Waals surface area (Å²) in [6, 6.07) is 7.41. The van der Waals surface area contributed by atoms with Gasteiger partial charge in [0.2, 0.25) is 0 Å². The fraction of sp³-hybridized carbons (Fsp3) is 0.458. The first kappa shape index (κ1) is 21.7. The Morgan fingerprint density at radius 3 is 2.82 bits per heavy atom. The number of nitrogens with one attached hydrogen (secondary N) is 1. The average molecular weight is 486 g/mol. The van der Waals surface area contributed by atoms with Crippen molar-refractivity contribution in [1.82, 2.24) is 19.9 Å². The Bertz CT molecular complexity index is 1260. The standard InChI is InChI=1S/C24H25F2N5O2S/c1-30-12-27-22-17(4-5-19(22)30)29-23(33)20-6-3-14(34-20)8-13-2-7-21(28-18(13)11-32)31-9-15-16(10-31)24(15,25)26/h2-3,6-7,12,15-17,32H,4-5,8-11H2,1H3,(H,29,33)/t15?,16?,17-/m1/s1. The van der Waals surface area contributed by atoms with E-state index in [9.17, 15) is 18.7 Å². The third-order valence-electron chi connectivity index (χ3n) is 7.37. The second-order valence-electron chi connectivity index (χ2n) is 9.42. The summed E-state index contributed by atoms with van der Waals surface area (Å²) in [4.78, 5) is 25.3. The number of carbonyl (C=O) groups is 1. The van der Waals surface area contributed by atoms with Gasteiger partial charge in [0, 0.05) is 37.1 Å². The number of rotatable bonds is 6. The van der Waals surface area contributed by atoms with Crippen molar-refractivity contribution in [2.24, 2.45) is 18.9 Å². The van der Waals surface area contributed by atoms with Gasteiger partial charge in [-0.2, -0.15) is 0 Å². The van der Waals surface area contributed by atoms with Gasteiger partial charge in [-0.1, -0.05) is 6.07 Å². The molecule has 7 nitrogen and oxygen atoms in total. The number of aliphatic hydroxyl groups is 1. The van der Waals surface area contributed by atoms with E-state index in [-0.39, 0.29) is 18.6 Å². The number of nitrogens with zero attached hydrogens (tertiary/aromatic N) is 4. The van der Waals surface area contributed by atoms with Crippen LogP contribution in [0.25, 0.3) is 0 Å². The van der Waals surface area contributed by atoms with Gasteiger partial charge in [-0.25, -0.2) is 18.7 Å². The third kappa shape index (κ3) is 3.51. The number of hydrogen-bond acceptors (Lipinski definition) is 6. The van der Waals surface area contributed by atoms with Crippen LogP contribution in [0.3, 0.4) is 0 Å². The zero-order chi connectivity index (χ0) is 23.6. The molecule has 1 saturated carbocycles. The van der Waals surface area contributed by atoms with E-state index in [0.717, 1.165) is 29.0 Å². The topological polar surface area (TPSA) is 83.3 Å². The Morgan fingerprint density at radius 1 is 1.26 bits per heavy atom. The summed E-state index contributed by atoms with van der Waals surface area (Å²) in [6.07, 6.45) is 4.08. The molecule has 1 aliphatic heterocycles. The molecule has 4 heterocycles. The predicted molar refractivity (Wildman–Crippen MR) is 123 cm³/mol. The lowest BCUT2D eigenvalue weighted by atomic mass is 10.1. The summed E-state index contributed by atoms with van der Waals surface area (Å²) in [5, 5.41) is 13.0. The number of aryl methyl sites for hydroxylation is 1. The van der Waals surface area contributed by atoms with Gasteiger partial charge in [0.1, 0.15) is 5.82 Å². The maximum atomic E-state index is 13.5. The minimum atomic E-state index is -2.53. The number of thiophene rings is 1. The van der Waals surface area contributed by atoms with Crippen LogP contribution in [0.1, 0.15) is 49.7 Å². The maximum absolute atomic E-state index is 13.5. The highest BCUT2D eigenvalue weighted by atomic mass is 32.1. The molecule has 1 amide bonds. The molecule has 3 aromatic heterocycles. The van der Waals surface area contributed by atoms with Crippen LogP contribution < -0.4 is 10.2 Å². The van der Waals surface area contributed by atoms with Crippen molar-refractivity contribution >= 4 is 23.1 Å². The van der Waals surface area contributed by atoms with Crippen LogP contribution in [0, 0.1) is 11.8 Å². The number of anilines is 1. The number of alkyl halides is 2. The number of pyridine rings is 1. The molecule has 6 rings (SSSR count). The van der Waals surface area contributed by atoms with E-state index in [1.54, 1.807) is 6.33 Å². The number of amides is 1. The summed E-state index contributed by atoms with van der Waals surface area (Å²) in [6.45, 7) is 0.380. The number of aliphatic hydroxyl groups excluding tert-OH is 1. The van der Waals surface area contributed by atoms with Gasteiger partial charge in [-0.15, -0.1) is 11.3 Å². The van der Waals surface area contributed by atoms with E-state index in [1.165, 1.54) is 17.0 Å². The second-order valence-corrected chi connectivity index (χ2v) is 10.6. The molecule has 3 atom stereocenters. The van der Waals surface area contributed by atoms with E-state index in [2.05, 4.69) is 15.3 Å². The van der Waals surface area contributed by atoms with Crippen LogP contribution in [0.15, 0.2) is 30.6 Å². The van der Waals surface area contributed by atoms with E-state index in [0.29, 0.717) is 35.9 Å². The molecule has 0 spiro atoms. The Balaban J connectivity index is 1.12. The smallest absolute Gasteiger partial charge is 0.261 e. The van der Waals surface area contributed by atoms with Gasteiger partial charge in [0.05, 0.1) is 47.1 Å². The van der Waals surface area contributed by atoms with Crippen LogP contribution in [0.4, 0.5) is 14.6 Å². The van der Waals surface area contributed by atoms with E-state index in [4.69, 9.17) is 0 Å². The lowest BCUT2D eigenvalue weighted by Crippen LogP contribution is -2.28. The number of hydrogen-bond donors (Lipinski definition) is 2. The number of aromatic nitrogens is 3.